The monoisotopic (exact) mass is 621 g/mol. The van der Waals surface area contributed by atoms with Gasteiger partial charge in [-0.1, -0.05) is 69.4 Å². The molecule has 0 radical (unpaired) electrons. The normalized spacial score (nSPS) is 20.0. The van der Waals surface area contributed by atoms with Crippen LogP contribution < -0.4 is 15.1 Å². The number of benzene rings is 3. The lowest BCUT2D eigenvalue weighted by Crippen LogP contribution is -2.33. The van der Waals surface area contributed by atoms with E-state index in [1.807, 2.05) is 30.3 Å². The summed E-state index contributed by atoms with van der Waals surface area (Å²) in [6.07, 6.45) is 0. The summed E-state index contributed by atoms with van der Waals surface area (Å²) in [6.45, 7) is -0.254. The molecule has 0 spiro atoms. The lowest BCUT2D eigenvalue weighted by Gasteiger charge is -2.30. The first-order valence-corrected chi connectivity index (χ1v) is 14.5. The van der Waals surface area contributed by atoms with Crippen LogP contribution in [0.1, 0.15) is 16.4 Å². The minimum absolute atomic E-state index is 0.0713. The summed E-state index contributed by atoms with van der Waals surface area (Å²) in [4.78, 5) is 55.2. The Bertz CT molecular complexity index is 1650. The Morgan fingerprint density at radius 2 is 1.62 bits per heavy atom. The molecular formula is C28H20BrN3O5S2. The van der Waals surface area contributed by atoms with Crippen molar-refractivity contribution in [3.63, 3.8) is 0 Å². The SMILES string of the molecule is O=C(Cn1c2c(sc1=O)C(c1ccccc1)C1C(=O)N(c3ccc(Br)cc3)C(=O)C1S2)Nc1ccc(O)cc1. The van der Waals surface area contributed by atoms with Crippen molar-refractivity contribution in [1.82, 2.24) is 4.57 Å². The lowest BCUT2D eigenvalue weighted by atomic mass is 9.83. The number of hydrogen-bond donors (Lipinski definition) is 2. The van der Waals surface area contributed by atoms with Crippen LogP contribution in [0.4, 0.5) is 11.4 Å². The minimum Gasteiger partial charge on any atom is -0.508 e. The number of rotatable bonds is 5. The van der Waals surface area contributed by atoms with Crippen molar-refractivity contribution in [3.05, 3.63) is 103 Å². The van der Waals surface area contributed by atoms with Crippen LogP contribution in [0, 0.1) is 5.92 Å². The van der Waals surface area contributed by atoms with E-state index in [9.17, 15) is 24.3 Å². The number of thioether (sulfide) groups is 1. The molecule has 39 heavy (non-hydrogen) atoms. The third kappa shape index (κ3) is 4.60. The van der Waals surface area contributed by atoms with E-state index in [2.05, 4.69) is 21.2 Å². The van der Waals surface area contributed by atoms with Gasteiger partial charge in [-0.05, 0) is 54.1 Å². The lowest BCUT2D eigenvalue weighted by molar-refractivity contribution is -0.122. The zero-order chi connectivity index (χ0) is 27.3. The maximum Gasteiger partial charge on any atom is 0.308 e. The van der Waals surface area contributed by atoms with Gasteiger partial charge in [0.05, 0.1) is 16.6 Å². The molecular weight excluding hydrogens is 602 g/mol. The number of anilines is 2. The molecule has 11 heteroatoms. The van der Waals surface area contributed by atoms with Gasteiger partial charge in [-0.2, -0.15) is 0 Å². The fraction of sp³-hybridized carbons (Fsp3) is 0.143. The quantitative estimate of drug-likeness (QED) is 0.244. The van der Waals surface area contributed by atoms with Crippen molar-refractivity contribution in [2.24, 2.45) is 5.92 Å². The first kappa shape index (κ1) is 25.6. The van der Waals surface area contributed by atoms with E-state index in [1.165, 1.54) is 33.4 Å². The van der Waals surface area contributed by atoms with Crippen LogP contribution in [-0.2, 0) is 20.9 Å². The Balaban J connectivity index is 1.39. The van der Waals surface area contributed by atoms with Crippen molar-refractivity contribution in [2.45, 2.75) is 22.7 Å². The van der Waals surface area contributed by atoms with Gasteiger partial charge in [-0.25, -0.2) is 4.90 Å². The molecule has 3 heterocycles. The number of halogens is 1. The fourth-order valence-electron chi connectivity index (χ4n) is 5.01. The molecule has 4 aromatic rings. The van der Waals surface area contributed by atoms with Crippen LogP contribution in [0.15, 0.2) is 93.2 Å². The number of hydrogen-bond acceptors (Lipinski definition) is 7. The number of nitrogens with zero attached hydrogens (tertiary/aromatic N) is 2. The molecule has 3 amide bonds. The van der Waals surface area contributed by atoms with Gasteiger partial charge < -0.3 is 10.4 Å². The number of carbonyl (C=O) groups is 3. The Kier molecular flexibility index (Phi) is 6.66. The van der Waals surface area contributed by atoms with E-state index in [4.69, 9.17) is 0 Å². The number of nitrogens with one attached hydrogen (secondary N) is 1. The molecule has 3 unspecified atom stereocenters. The molecule has 1 saturated heterocycles. The van der Waals surface area contributed by atoms with Gasteiger partial charge in [0.1, 0.15) is 17.5 Å². The number of fused-ring (bicyclic) bond motifs is 2. The predicted octanol–water partition coefficient (Wildman–Crippen LogP) is 4.81. The second kappa shape index (κ2) is 10.1. The summed E-state index contributed by atoms with van der Waals surface area (Å²) >= 11 is 5.57. The topological polar surface area (TPSA) is 109 Å². The zero-order valence-corrected chi connectivity index (χ0v) is 23.3. The standard InChI is InChI=1S/C28H20BrN3O5S2/c29-16-6-10-18(11-7-16)32-25(35)22-21(15-4-2-1-3-5-15)24-27(38-23(22)26(32)36)31(28(37)39-24)14-20(34)30-17-8-12-19(33)13-9-17/h1-13,21-23,33H,14H2,(H,30,34). The Morgan fingerprint density at radius 1 is 0.923 bits per heavy atom. The Morgan fingerprint density at radius 3 is 2.31 bits per heavy atom. The van der Waals surface area contributed by atoms with Crippen molar-refractivity contribution >= 4 is 68.1 Å². The van der Waals surface area contributed by atoms with E-state index in [-0.39, 0.29) is 29.0 Å². The molecule has 1 aromatic heterocycles. The molecule has 2 aliphatic rings. The molecule has 1 fully saturated rings. The summed E-state index contributed by atoms with van der Waals surface area (Å²) < 4.78 is 2.21. The minimum atomic E-state index is -0.751. The third-order valence-corrected chi connectivity index (χ3v) is 9.88. The van der Waals surface area contributed by atoms with Gasteiger partial charge >= 0.3 is 4.87 Å². The summed E-state index contributed by atoms with van der Waals surface area (Å²) in [7, 11) is 0. The highest BCUT2D eigenvalue weighted by atomic mass is 79.9. The number of aromatic nitrogens is 1. The highest BCUT2D eigenvalue weighted by molar-refractivity contribution is 9.10. The Hall–Kier alpha value is -3.67. The molecule has 3 atom stereocenters. The molecule has 2 N–H and O–H groups in total. The molecule has 0 bridgehead atoms. The number of amides is 3. The average Bonchev–Trinajstić information content (AvgIpc) is 3.37. The number of imide groups is 1. The van der Waals surface area contributed by atoms with Crippen LogP contribution in [-0.4, -0.2) is 32.6 Å². The predicted molar refractivity (Wildman–Crippen MR) is 153 cm³/mol. The van der Waals surface area contributed by atoms with Crippen LogP contribution in [0.3, 0.4) is 0 Å². The van der Waals surface area contributed by atoms with Gasteiger partial charge in [-0.15, -0.1) is 0 Å². The smallest absolute Gasteiger partial charge is 0.308 e. The van der Waals surface area contributed by atoms with E-state index >= 15 is 0 Å². The van der Waals surface area contributed by atoms with Gasteiger partial charge in [0.15, 0.2) is 0 Å². The highest BCUT2D eigenvalue weighted by Crippen LogP contribution is 2.53. The van der Waals surface area contributed by atoms with Gasteiger partial charge in [0.25, 0.3) is 0 Å². The van der Waals surface area contributed by atoms with Crippen LogP contribution >= 0.6 is 39.0 Å². The van der Waals surface area contributed by atoms with E-state index in [0.29, 0.717) is 21.3 Å². The van der Waals surface area contributed by atoms with Crippen molar-refractivity contribution in [2.75, 3.05) is 10.2 Å². The number of thiazole rings is 1. The third-order valence-electron chi connectivity index (χ3n) is 6.75. The second-order valence-corrected chi connectivity index (χ2v) is 12.2. The fourth-order valence-corrected chi connectivity index (χ4v) is 8.05. The first-order valence-electron chi connectivity index (χ1n) is 12.0. The van der Waals surface area contributed by atoms with Crippen molar-refractivity contribution in [1.29, 1.82) is 0 Å². The molecule has 0 saturated carbocycles. The van der Waals surface area contributed by atoms with Crippen LogP contribution in [0.2, 0.25) is 0 Å². The van der Waals surface area contributed by atoms with E-state index < -0.39 is 23.0 Å². The molecule has 0 aliphatic carbocycles. The summed E-state index contributed by atoms with van der Waals surface area (Å²) in [5, 5.41) is 12.0. The van der Waals surface area contributed by atoms with Crippen molar-refractivity contribution in [3.8, 4) is 5.75 Å². The highest BCUT2D eigenvalue weighted by Gasteiger charge is 2.56. The molecule has 3 aromatic carbocycles. The number of aromatic hydroxyl groups is 1. The molecule has 2 aliphatic heterocycles. The first-order chi connectivity index (χ1) is 18.8. The number of phenolic OH excluding ortho intramolecular Hbond substituents is 1. The maximum absolute atomic E-state index is 13.8. The number of phenols is 1. The van der Waals surface area contributed by atoms with Gasteiger partial charge in [0, 0.05) is 21.0 Å². The van der Waals surface area contributed by atoms with Crippen LogP contribution in [0.25, 0.3) is 0 Å². The molecule has 6 rings (SSSR count). The summed E-state index contributed by atoms with van der Waals surface area (Å²) in [6, 6.07) is 22.4. The average molecular weight is 623 g/mol. The largest absolute Gasteiger partial charge is 0.508 e. The van der Waals surface area contributed by atoms with Crippen molar-refractivity contribution < 1.29 is 19.5 Å². The van der Waals surface area contributed by atoms with E-state index in [0.717, 1.165) is 21.4 Å². The summed E-state index contributed by atoms with van der Waals surface area (Å²) in [5.41, 5.74) is 1.80. The molecule has 196 valence electrons. The summed E-state index contributed by atoms with van der Waals surface area (Å²) in [5.74, 6) is -2.21. The maximum atomic E-state index is 13.8. The van der Waals surface area contributed by atoms with E-state index in [1.54, 1.807) is 36.4 Å². The number of carbonyl (C=O) groups excluding carboxylic acids is 3. The Labute approximate surface area is 239 Å². The van der Waals surface area contributed by atoms with Crippen LogP contribution in [0.5, 0.6) is 5.75 Å². The van der Waals surface area contributed by atoms with Gasteiger partial charge in [0.2, 0.25) is 17.7 Å². The zero-order valence-electron chi connectivity index (χ0n) is 20.1. The molecule has 8 nitrogen and oxygen atoms in total. The van der Waals surface area contributed by atoms with Gasteiger partial charge in [-0.3, -0.25) is 23.7 Å². The second-order valence-electron chi connectivity index (χ2n) is 9.16.